The highest BCUT2D eigenvalue weighted by atomic mass is 16.5. The van der Waals surface area contributed by atoms with Gasteiger partial charge in [0, 0.05) is 43.9 Å². The molecule has 146 valence electrons. The number of piperidine rings is 3. The van der Waals surface area contributed by atoms with Crippen LogP contribution < -0.4 is 14.8 Å². The molecule has 3 aliphatic heterocycles. The van der Waals surface area contributed by atoms with Gasteiger partial charge in [0.25, 0.3) is 0 Å². The molecule has 3 fully saturated rings. The number of urea groups is 1. The van der Waals surface area contributed by atoms with Gasteiger partial charge in [-0.1, -0.05) is 0 Å². The number of carbonyl (C=O) groups excluding carboxylic acids is 2. The number of nitrogens with zero attached hydrogens (tertiary/aromatic N) is 2. The molecule has 3 aliphatic rings. The normalized spacial score (nSPS) is 27.0. The molecule has 27 heavy (non-hydrogen) atoms. The lowest BCUT2D eigenvalue weighted by Gasteiger charge is -2.52. The minimum atomic E-state index is -0.0903. The first-order valence-electron chi connectivity index (χ1n) is 9.66. The lowest BCUT2D eigenvalue weighted by molar-refractivity contribution is -0.144. The van der Waals surface area contributed by atoms with E-state index in [0.29, 0.717) is 60.5 Å². The lowest BCUT2D eigenvalue weighted by Crippen LogP contribution is -2.61. The smallest absolute Gasteiger partial charge is 0.321 e. The van der Waals surface area contributed by atoms with Crippen LogP contribution in [-0.4, -0.2) is 61.6 Å². The van der Waals surface area contributed by atoms with Gasteiger partial charge in [-0.2, -0.15) is 0 Å². The number of rotatable bonds is 3. The van der Waals surface area contributed by atoms with Crippen molar-refractivity contribution >= 4 is 17.6 Å². The van der Waals surface area contributed by atoms with Gasteiger partial charge in [-0.3, -0.25) is 4.79 Å². The fraction of sp³-hybridized carbons (Fsp3) is 0.600. The maximum Gasteiger partial charge on any atom is 0.321 e. The maximum atomic E-state index is 12.8. The van der Waals surface area contributed by atoms with Crippen molar-refractivity contribution in [2.75, 3.05) is 39.2 Å². The molecule has 3 saturated heterocycles. The highest BCUT2D eigenvalue weighted by molar-refractivity contribution is 5.90. The lowest BCUT2D eigenvalue weighted by atomic mass is 9.76. The largest absolute Gasteiger partial charge is 0.493 e. The predicted octanol–water partition coefficient (Wildman–Crippen LogP) is 2.57. The standard InChI is InChI=1S/C20H27N3O4/c1-26-17-7-6-15(9-18(17)27-2)21-20(25)22-10-13-8-14(12-22)16-4-3-5-19(24)23(16)11-13/h6-7,9,13-14,16H,3-5,8,10-12H2,1-2H3,(H,21,25)/t13?,14?,16-/m1/s1. The summed E-state index contributed by atoms with van der Waals surface area (Å²) in [6.07, 6.45) is 3.83. The zero-order chi connectivity index (χ0) is 19.0. The van der Waals surface area contributed by atoms with E-state index < -0.39 is 0 Å². The Kier molecular flexibility index (Phi) is 4.85. The molecule has 7 nitrogen and oxygen atoms in total. The molecule has 0 aliphatic carbocycles. The van der Waals surface area contributed by atoms with E-state index in [-0.39, 0.29) is 6.03 Å². The summed E-state index contributed by atoms with van der Waals surface area (Å²) in [5, 5.41) is 2.98. The topological polar surface area (TPSA) is 71.1 Å². The monoisotopic (exact) mass is 373 g/mol. The van der Waals surface area contributed by atoms with Crippen molar-refractivity contribution in [2.45, 2.75) is 31.7 Å². The van der Waals surface area contributed by atoms with Crippen LogP contribution in [0.25, 0.3) is 0 Å². The third kappa shape index (κ3) is 3.42. The van der Waals surface area contributed by atoms with Crippen molar-refractivity contribution in [1.82, 2.24) is 9.80 Å². The van der Waals surface area contributed by atoms with Crippen LogP contribution in [0, 0.1) is 11.8 Å². The SMILES string of the molecule is COc1ccc(NC(=O)N2CC3CC(C2)[C@H]2CCCC(=O)N2C3)cc1OC. The summed E-state index contributed by atoms with van der Waals surface area (Å²) in [4.78, 5) is 29.1. The third-order valence-electron chi connectivity index (χ3n) is 6.10. The molecule has 4 rings (SSSR count). The molecule has 2 bridgehead atoms. The van der Waals surface area contributed by atoms with Crippen LogP contribution in [0.5, 0.6) is 11.5 Å². The van der Waals surface area contributed by atoms with Crippen molar-refractivity contribution in [3.05, 3.63) is 18.2 Å². The summed E-state index contributed by atoms with van der Waals surface area (Å²) in [6.45, 7) is 2.20. The van der Waals surface area contributed by atoms with Crippen LogP contribution in [0.3, 0.4) is 0 Å². The van der Waals surface area contributed by atoms with Gasteiger partial charge >= 0.3 is 6.03 Å². The number of carbonyl (C=O) groups is 2. The first-order valence-corrected chi connectivity index (χ1v) is 9.66. The minimum absolute atomic E-state index is 0.0903. The van der Waals surface area contributed by atoms with Crippen LogP contribution in [0.2, 0.25) is 0 Å². The number of fused-ring (bicyclic) bond motifs is 4. The van der Waals surface area contributed by atoms with Gasteiger partial charge < -0.3 is 24.6 Å². The van der Waals surface area contributed by atoms with Crippen LogP contribution in [0.15, 0.2) is 18.2 Å². The number of anilines is 1. The molecule has 0 aromatic heterocycles. The number of likely N-dealkylation sites (tertiary alicyclic amines) is 1. The quantitative estimate of drug-likeness (QED) is 0.884. The summed E-state index contributed by atoms with van der Waals surface area (Å²) < 4.78 is 10.5. The maximum absolute atomic E-state index is 12.8. The van der Waals surface area contributed by atoms with E-state index in [2.05, 4.69) is 10.2 Å². The second-order valence-electron chi connectivity index (χ2n) is 7.77. The number of benzene rings is 1. The molecule has 3 heterocycles. The number of nitrogens with one attached hydrogen (secondary N) is 1. The molecule has 0 saturated carbocycles. The summed E-state index contributed by atoms with van der Waals surface area (Å²) in [7, 11) is 3.16. The Morgan fingerprint density at radius 1 is 1.15 bits per heavy atom. The van der Waals surface area contributed by atoms with Gasteiger partial charge in [-0.25, -0.2) is 4.79 Å². The van der Waals surface area contributed by atoms with Gasteiger partial charge in [0.15, 0.2) is 11.5 Å². The third-order valence-corrected chi connectivity index (χ3v) is 6.10. The molecule has 7 heteroatoms. The molecule has 0 radical (unpaired) electrons. The average Bonchev–Trinajstić information content (AvgIpc) is 2.68. The van der Waals surface area contributed by atoms with E-state index in [1.54, 1.807) is 26.4 Å². The van der Waals surface area contributed by atoms with E-state index in [1.165, 1.54) is 0 Å². The number of ether oxygens (including phenoxy) is 2. The van der Waals surface area contributed by atoms with Gasteiger partial charge in [0.1, 0.15) is 0 Å². The van der Waals surface area contributed by atoms with Crippen molar-refractivity contribution in [2.24, 2.45) is 11.8 Å². The Morgan fingerprint density at radius 2 is 1.96 bits per heavy atom. The van der Waals surface area contributed by atoms with Crippen LogP contribution in [-0.2, 0) is 4.79 Å². The van der Waals surface area contributed by atoms with E-state index in [0.717, 1.165) is 25.8 Å². The zero-order valence-corrected chi connectivity index (χ0v) is 15.9. The number of amides is 3. The van der Waals surface area contributed by atoms with Gasteiger partial charge in [0.05, 0.1) is 14.2 Å². The molecule has 2 unspecified atom stereocenters. The molecular weight excluding hydrogens is 346 g/mol. The average molecular weight is 373 g/mol. The Balaban J connectivity index is 1.44. The van der Waals surface area contributed by atoms with E-state index >= 15 is 0 Å². The van der Waals surface area contributed by atoms with E-state index in [9.17, 15) is 9.59 Å². The molecular formula is C20H27N3O4. The van der Waals surface area contributed by atoms with E-state index in [4.69, 9.17) is 9.47 Å². The Hall–Kier alpha value is -2.44. The minimum Gasteiger partial charge on any atom is -0.493 e. The zero-order valence-electron chi connectivity index (χ0n) is 15.9. The highest BCUT2D eigenvalue weighted by Crippen LogP contribution is 2.38. The van der Waals surface area contributed by atoms with Gasteiger partial charge in [-0.05, 0) is 43.2 Å². The molecule has 1 aromatic rings. The second-order valence-corrected chi connectivity index (χ2v) is 7.77. The van der Waals surface area contributed by atoms with Crippen molar-refractivity contribution in [3.63, 3.8) is 0 Å². The van der Waals surface area contributed by atoms with Crippen molar-refractivity contribution in [1.29, 1.82) is 0 Å². The molecule has 3 atom stereocenters. The summed E-state index contributed by atoms with van der Waals surface area (Å²) in [6, 6.07) is 5.58. The number of hydrogen-bond donors (Lipinski definition) is 1. The number of hydrogen-bond acceptors (Lipinski definition) is 4. The van der Waals surface area contributed by atoms with Crippen molar-refractivity contribution in [3.8, 4) is 11.5 Å². The summed E-state index contributed by atoms with van der Waals surface area (Å²) in [5.74, 6) is 2.27. The van der Waals surface area contributed by atoms with E-state index in [1.807, 2.05) is 11.0 Å². The second kappa shape index (κ2) is 7.29. The van der Waals surface area contributed by atoms with Gasteiger partial charge in [-0.15, -0.1) is 0 Å². The van der Waals surface area contributed by atoms with Crippen LogP contribution in [0.1, 0.15) is 25.7 Å². The Morgan fingerprint density at radius 3 is 2.74 bits per heavy atom. The molecule has 3 amide bonds. The fourth-order valence-corrected chi connectivity index (χ4v) is 4.89. The predicted molar refractivity (Wildman–Crippen MR) is 101 cm³/mol. The van der Waals surface area contributed by atoms with Crippen LogP contribution in [0.4, 0.5) is 10.5 Å². The molecule has 1 aromatic carbocycles. The summed E-state index contributed by atoms with van der Waals surface area (Å²) in [5.41, 5.74) is 0.683. The molecule has 1 N–H and O–H groups in total. The highest BCUT2D eigenvalue weighted by Gasteiger charge is 2.44. The van der Waals surface area contributed by atoms with Crippen molar-refractivity contribution < 1.29 is 19.1 Å². The van der Waals surface area contributed by atoms with Crippen LogP contribution >= 0.6 is 0 Å². The fourth-order valence-electron chi connectivity index (χ4n) is 4.89. The first-order chi connectivity index (χ1) is 13.1. The Bertz CT molecular complexity index is 738. The number of methoxy groups -OCH3 is 2. The molecule has 0 spiro atoms. The first kappa shape index (κ1) is 17.9. The Labute approximate surface area is 159 Å². The summed E-state index contributed by atoms with van der Waals surface area (Å²) >= 11 is 0. The van der Waals surface area contributed by atoms with Gasteiger partial charge in [0.2, 0.25) is 5.91 Å².